The molecule has 0 aliphatic carbocycles. The van der Waals surface area contributed by atoms with Crippen LogP contribution in [0.5, 0.6) is 11.5 Å². The highest BCUT2D eigenvalue weighted by Gasteiger charge is 2.13. The van der Waals surface area contributed by atoms with Gasteiger partial charge in [0, 0.05) is 24.5 Å². The van der Waals surface area contributed by atoms with Crippen LogP contribution >= 0.6 is 0 Å². The number of hydrogen-bond donors (Lipinski definition) is 1. The van der Waals surface area contributed by atoms with Gasteiger partial charge in [-0.25, -0.2) is 0 Å². The minimum Gasteiger partial charge on any atom is -0.497 e. The summed E-state index contributed by atoms with van der Waals surface area (Å²) in [7, 11) is 3.11. The van der Waals surface area contributed by atoms with Crippen LogP contribution in [-0.4, -0.2) is 30.3 Å². The van der Waals surface area contributed by atoms with Gasteiger partial charge in [-0.3, -0.25) is 4.79 Å². The highest BCUT2D eigenvalue weighted by molar-refractivity contribution is 5.92. The molecule has 7 nitrogen and oxygen atoms in total. The van der Waals surface area contributed by atoms with E-state index in [4.69, 9.17) is 14.0 Å². The van der Waals surface area contributed by atoms with Crippen molar-refractivity contribution in [2.75, 3.05) is 19.5 Å². The Morgan fingerprint density at radius 1 is 1.15 bits per heavy atom. The van der Waals surface area contributed by atoms with Crippen molar-refractivity contribution in [3.63, 3.8) is 0 Å². The molecule has 0 saturated carbocycles. The Bertz CT molecular complexity index is 936. The van der Waals surface area contributed by atoms with Crippen LogP contribution in [0.3, 0.4) is 0 Å². The van der Waals surface area contributed by atoms with Crippen molar-refractivity contribution in [3.05, 3.63) is 53.9 Å². The first-order chi connectivity index (χ1) is 13.1. The topological polar surface area (TPSA) is 86.5 Å². The highest BCUT2D eigenvalue weighted by atomic mass is 16.5. The first kappa shape index (κ1) is 18.4. The van der Waals surface area contributed by atoms with Crippen LogP contribution in [0.1, 0.15) is 17.9 Å². The first-order valence-corrected chi connectivity index (χ1v) is 8.51. The molecule has 7 heteroatoms. The number of aryl methyl sites for hydroxylation is 2. The van der Waals surface area contributed by atoms with Crippen molar-refractivity contribution in [1.82, 2.24) is 10.1 Å². The van der Waals surface area contributed by atoms with E-state index >= 15 is 0 Å². The van der Waals surface area contributed by atoms with Gasteiger partial charge in [0.05, 0.1) is 19.9 Å². The molecule has 0 radical (unpaired) electrons. The normalized spacial score (nSPS) is 10.5. The summed E-state index contributed by atoms with van der Waals surface area (Å²) in [5, 5.41) is 6.83. The van der Waals surface area contributed by atoms with E-state index in [1.54, 1.807) is 25.3 Å². The van der Waals surface area contributed by atoms with Crippen LogP contribution in [0.25, 0.3) is 11.4 Å². The van der Waals surface area contributed by atoms with Gasteiger partial charge in [-0.05, 0) is 24.6 Å². The van der Waals surface area contributed by atoms with Crippen molar-refractivity contribution >= 4 is 11.6 Å². The predicted molar refractivity (Wildman–Crippen MR) is 101 cm³/mol. The molecule has 0 saturated heterocycles. The standard InChI is InChI=1S/C20H21N3O4/c1-13-6-4-5-7-15(13)20-22-19(27-23-20)11-10-18(24)21-16-9-8-14(25-2)12-17(16)26-3/h4-9,12H,10-11H2,1-3H3,(H,21,24). The van der Waals surface area contributed by atoms with Gasteiger partial charge in [0.1, 0.15) is 11.5 Å². The summed E-state index contributed by atoms with van der Waals surface area (Å²) in [6.07, 6.45) is 0.563. The quantitative estimate of drug-likeness (QED) is 0.686. The lowest BCUT2D eigenvalue weighted by Gasteiger charge is -2.11. The van der Waals surface area contributed by atoms with Gasteiger partial charge < -0.3 is 19.3 Å². The van der Waals surface area contributed by atoms with E-state index < -0.39 is 0 Å². The zero-order chi connectivity index (χ0) is 19.2. The summed E-state index contributed by atoms with van der Waals surface area (Å²) in [6, 6.07) is 13.0. The third-order valence-electron chi connectivity index (χ3n) is 4.10. The predicted octanol–water partition coefficient (Wildman–Crippen LogP) is 3.63. The Kier molecular flexibility index (Phi) is 5.71. The number of ether oxygens (including phenoxy) is 2. The fourth-order valence-electron chi connectivity index (χ4n) is 2.62. The Morgan fingerprint density at radius 2 is 1.96 bits per heavy atom. The molecule has 1 N–H and O–H groups in total. The molecule has 1 heterocycles. The van der Waals surface area contributed by atoms with Gasteiger partial charge in [-0.1, -0.05) is 29.4 Å². The van der Waals surface area contributed by atoms with Gasteiger partial charge in [-0.15, -0.1) is 0 Å². The lowest BCUT2D eigenvalue weighted by Crippen LogP contribution is -2.13. The molecule has 3 rings (SSSR count). The molecule has 0 fully saturated rings. The molecule has 0 spiro atoms. The molecule has 0 aliphatic heterocycles. The molecule has 3 aromatic rings. The molecular weight excluding hydrogens is 346 g/mol. The summed E-state index contributed by atoms with van der Waals surface area (Å²) in [5.74, 6) is 1.96. The number of methoxy groups -OCH3 is 2. The Morgan fingerprint density at radius 3 is 2.70 bits per heavy atom. The maximum atomic E-state index is 12.3. The minimum atomic E-state index is -0.172. The lowest BCUT2D eigenvalue weighted by molar-refractivity contribution is -0.116. The van der Waals surface area contributed by atoms with Gasteiger partial charge in [0.2, 0.25) is 17.6 Å². The van der Waals surface area contributed by atoms with E-state index in [1.807, 2.05) is 31.2 Å². The smallest absolute Gasteiger partial charge is 0.227 e. The summed E-state index contributed by atoms with van der Waals surface area (Å²) < 4.78 is 15.7. The molecule has 140 valence electrons. The minimum absolute atomic E-state index is 0.172. The zero-order valence-electron chi connectivity index (χ0n) is 15.5. The number of nitrogens with zero attached hydrogens (tertiary/aromatic N) is 2. The van der Waals surface area contributed by atoms with Gasteiger partial charge in [0.15, 0.2) is 0 Å². The van der Waals surface area contributed by atoms with Crippen LogP contribution in [0.4, 0.5) is 5.69 Å². The summed E-state index contributed by atoms with van der Waals surface area (Å²) in [5.41, 5.74) is 2.56. The number of hydrogen-bond acceptors (Lipinski definition) is 6. The van der Waals surface area contributed by atoms with E-state index in [0.717, 1.165) is 11.1 Å². The van der Waals surface area contributed by atoms with Crippen molar-refractivity contribution in [2.45, 2.75) is 19.8 Å². The summed E-state index contributed by atoms with van der Waals surface area (Å²) >= 11 is 0. The maximum absolute atomic E-state index is 12.3. The average molecular weight is 367 g/mol. The molecule has 0 bridgehead atoms. The molecule has 27 heavy (non-hydrogen) atoms. The molecule has 0 atom stereocenters. The summed E-state index contributed by atoms with van der Waals surface area (Å²) in [4.78, 5) is 16.6. The van der Waals surface area contributed by atoms with Crippen molar-refractivity contribution in [3.8, 4) is 22.9 Å². The molecular formula is C20H21N3O4. The number of carbonyl (C=O) groups excluding carboxylic acids is 1. The van der Waals surface area contributed by atoms with Crippen molar-refractivity contribution in [1.29, 1.82) is 0 Å². The number of benzene rings is 2. The van der Waals surface area contributed by atoms with Crippen LogP contribution in [-0.2, 0) is 11.2 Å². The number of carbonyl (C=O) groups is 1. The third-order valence-corrected chi connectivity index (χ3v) is 4.10. The zero-order valence-corrected chi connectivity index (χ0v) is 15.5. The van der Waals surface area contributed by atoms with E-state index in [9.17, 15) is 4.79 Å². The van der Waals surface area contributed by atoms with E-state index in [0.29, 0.717) is 35.3 Å². The number of amides is 1. The number of nitrogens with one attached hydrogen (secondary N) is 1. The van der Waals surface area contributed by atoms with Crippen LogP contribution in [0, 0.1) is 6.92 Å². The van der Waals surface area contributed by atoms with Crippen molar-refractivity contribution in [2.24, 2.45) is 0 Å². The van der Waals surface area contributed by atoms with E-state index in [2.05, 4.69) is 15.5 Å². The number of anilines is 1. The average Bonchev–Trinajstić information content (AvgIpc) is 3.16. The molecule has 1 amide bonds. The van der Waals surface area contributed by atoms with E-state index in [-0.39, 0.29) is 12.3 Å². The highest BCUT2D eigenvalue weighted by Crippen LogP contribution is 2.29. The molecule has 2 aromatic carbocycles. The molecule has 1 aromatic heterocycles. The maximum Gasteiger partial charge on any atom is 0.227 e. The van der Waals surface area contributed by atoms with Crippen LogP contribution in [0.2, 0.25) is 0 Å². The summed E-state index contributed by atoms with van der Waals surface area (Å²) in [6.45, 7) is 1.99. The van der Waals surface area contributed by atoms with Gasteiger partial charge in [-0.2, -0.15) is 4.98 Å². The van der Waals surface area contributed by atoms with Crippen LogP contribution < -0.4 is 14.8 Å². The largest absolute Gasteiger partial charge is 0.497 e. The second-order valence-corrected chi connectivity index (χ2v) is 5.94. The fourth-order valence-corrected chi connectivity index (χ4v) is 2.62. The Hall–Kier alpha value is -3.35. The van der Waals surface area contributed by atoms with Gasteiger partial charge >= 0.3 is 0 Å². The first-order valence-electron chi connectivity index (χ1n) is 8.51. The monoisotopic (exact) mass is 367 g/mol. The van der Waals surface area contributed by atoms with Crippen molar-refractivity contribution < 1.29 is 18.8 Å². The Balaban J connectivity index is 1.61. The van der Waals surface area contributed by atoms with Crippen LogP contribution in [0.15, 0.2) is 47.0 Å². The number of rotatable bonds is 7. The second kappa shape index (κ2) is 8.35. The van der Waals surface area contributed by atoms with Gasteiger partial charge in [0.25, 0.3) is 0 Å². The SMILES string of the molecule is COc1ccc(NC(=O)CCc2nc(-c3ccccc3C)no2)c(OC)c1. The van der Waals surface area contributed by atoms with E-state index in [1.165, 1.54) is 7.11 Å². The Labute approximate surface area is 157 Å². The lowest BCUT2D eigenvalue weighted by atomic mass is 10.1. The third kappa shape index (κ3) is 4.44. The second-order valence-electron chi connectivity index (χ2n) is 5.94. The molecule has 0 unspecified atom stereocenters. The number of aromatic nitrogens is 2. The molecule has 0 aliphatic rings. The fraction of sp³-hybridized carbons (Fsp3) is 0.250.